The van der Waals surface area contributed by atoms with Crippen LogP contribution in [-0.4, -0.2) is 51.6 Å². The molecule has 2 aliphatic rings. The van der Waals surface area contributed by atoms with Gasteiger partial charge in [0, 0.05) is 31.9 Å². The minimum atomic E-state index is -0.766. The Balaban J connectivity index is 1.09. The smallest absolute Gasteiger partial charge is 0.254 e. The van der Waals surface area contributed by atoms with Gasteiger partial charge in [0.25, 0.3) is 5.91 Å². The summed E-state index contributed by atoms with van der Waals surface area (Å²) in [7, 11) is 0. The summed E-state index contributed by atoms with van der Waals surface area (Å²) in [5.74, 6) is 0.908. The lowest BCUT2D eigenvalue weighted by atomic mass is 9.82. The average molecular weight is 509 g/mol. The molecule has 1 aliphatic heterocycles. The number of aryl methyl sites for hydroxylation is 1. The molecule has 0 spiro atoms. The van der Waals surface area contributed by atoms with Gasteiger partial charge in [0.2, 0.25) is 0 Å². The summed E-state index contributed by atoms with van der Waals surface area (Å²) in [5, 5.41) is 13.2. The van der Waals surface area contributed by atoms with E-state index in [1.54, 1.807) is 6.07 Å². The number of amides is 1. The number of carbonyl (C=O) groups excluding carboxylic acids is 1. The fourth-order valence-electron chi connectivity index (χ4n) is 4.88. The first-order valence-electron chi connectivity index (χ1n) is 12.9. The van der Waals surface area contributed by atoms with Crippen LogP contribution in [0.4, 0.5) is 4.39 Å². The van der Waals surface area contributed by atoms with E-state index in [1.807, 2.05) is 19.1 Å². The zero-order chi connectivity index (χ0) is 25.8. The second-order valence-corrected chi connectivity index (χ2v) is 10.1. The summed E-state index contributed by atoms with van der Waals surface area (Å²) < 4.78 is 25.4. The number of hydrogen-bond acceptors (Lipinski definition) is 7. The normalized spacial score (nSPS) is 16.6. The highest BCUT2D eigenvalue weighted by atomic mass is 19.1. The van der Waals surface area contributed by atoms with Gasteiger partial charge in [-0.15, -0.1) is 0 Å². The first-order chi connectivity index (χ1) is 17.9. The second kappa shape index (κ2) is 11.4. The largest absolute Gasteiger partial charge is 0.486 e. The molecule has 2 N–H and O–H groups in total. The van der Waals surface area contributed by atoms with Crippen molar-refractivity contribution in [1.82, 2.24) is 20.2 Å². The molecule has 5 rings (SSSR count). The number of aliphatic hydroxyl groups is 1. The maximum Gasteiger partial charge on any atom is 0.254 e. The highest BCUT2D eigenvalue weighted by Crippen LogP contribution is 2.29. The predicted octanol–water partition coefficient (Wildman–Crippen LogP) is 3.59. The van der Waals surface area contributed by atoms with Gasteiger partial charge < -0.3 is 19.6 Å². The summed E-state index contributed by atoms with van der Waals surface area (Å²) in [4.78, 5) is 23.0. The molecule has 0 bridgehead atoms. The Morgan fingerprint density at radius 2 is 2.16 bits per heavy atom. The lowest BCUT2D eigenvalue weighted by Crippen LogP contribution is -2.42. The van der Waals surface area contributed by atoms with Crippen molar-refractivity contribution in [3.05, 3.63) is 76.5 Å². The van der Waals surface area contributed by atoms with Gasteiger partial charge in [0.05, 0.1) is 23.6 Å². The van der Waals surface area contributed by atoms with Gasteiger partial charge in [-0.3, -0.25) is 14.7 Å². The maximum atomic E-state index is 14.2. The first kappa shape index (κ1) is 25.4. The lowest BCUT2D eigenvalue weighted by molar-refractivity contribution is 0.0838. The van der Waals surface area contributed by atoms with Crippen LogP contribution in [0.3, 0.4) is 0 Å². The molecule has 3 aromatic rings. The SMILES string of the molecule is Cc1ncoc1COc1ccc2c(c1)CCN(C[C@@H](O)CNC(=O)c1cc(CC3CCC3)ncc1F)C2. The number of oxazole rings is 1. The van der Waals surface area contributed by atoms with Crippen LogP contribution >= 0.6 is 0 Å². The molecule has 1 amide bonds. The molecule has 9 heteroatoms. The fourth-order valence-corrected chi connectivity index (χ4v) is 4.88. The first-order valence-corrected chi connectivity index (χ1v) is 12.9. The summed E-state index contributed by atoms with van der Waals surface area (Å²) in [6.07, 6.45) is 6.92. The fraction of sp³-hybridized carbons (Fsp3) is 0.464. The van der Waals surface area contributed by atoms with Crippen molar-refractivity contribution in [2.75, 3.05) is 19.6 Å². The molecule has 3 heterocycles. The molecule has 1 atom stereocenters. The van der Waals surface area contributed by atoms with E-state index in [0.717, 1.165) is 55.6 Å². The Kier molecular flexibility index (Phi) is 7.81. The number of β-amino-alcohol motifs (C(OH)–C–C–N with tert-alkyl or cyclic N) is 1. The molecule has 0 radical (unpaired) electrons. The van der Waals surface area contributed by atoms with Gasteiger partial charge in [-0.1, -0.05) is 25.3 Å². The van der Waals surface area contributed by atoms with E-state index in [2.05, 4.69) is 26.3 Å². The Morgan fingerprint density at radius 1 is 1.30 bits per heavy atom. The molecule has 37 heavy (non-hydrogen) atoms. The molecule has 2 aromatic heterocycles. The van der Waals surface area contributed by atoms with Crippen molar-refractivity contribution in [2.45, 2.75) is 58.3 Å². The van der Waals surface area contributed by atoms with Crippen molar-refractivity contribution >= 4 is 5.91 Å². The minimum absolute atomic E-state index is 0.0140. The quantitative estimate of drug-likeness (QED) is 0.432. The third kappa shape index (κ3) is 6.34. The molecule has 1 saturated carbocycles. The monoisotopic (exact) mass is 508 g/mol. The zero-order valence-corrected chi connectivity index (χ0v) is 21.1. The number of hydrogen-bond donors (Lipinski definition) is 2. The van der Waals surface area contributed by atoms with Crippen LogP contribution in [-0.2, 0) is 26.0 Å². The molecule has 1 aromatic carbocycles. The van der Waals surface area contributed by atoms with Crippen LogP contribution in [0.15, 0.2) is 41.3 Å². The summed E-state index contributed by atoms with van der Waals surface area (Å²) in [6.45, 7) is 4.16. The number of nitrogens with zero attached hydrogens (tertiary/aromatic N) is 3. The highest BCUT2D eigenvalue weighted by Gasteiger charge is 2.22. The lowest BCUT2D eigenvalue weighted by Gasteiger charge is -2.30. The van der Waals surface area contributed by atoms with Crippen molar-refractivity contribution in [3.63, 3.8) is 0 Å². The standard InChI is InChI=1S/C28H33FN4O4/c1-18-27(37-17-32-18)16-36-24-6-5-21-14-33(8-7-20(21)10-24)15-23(34)12-31-28(35)25-11-22(30-13-26(25)29)9-19-3-2-4-19/h5-6,10-11,13,17,19,23,34H,2-4,7-9,12,14-16H2,1H3,(H,31,35)/t23-/m0/s1. The number of rotatable bonds is 10. The molecule has 0 unspecified atom stereocenters. The van der Waals surface area contributed by atoms with Gasteiger partial charge in [0.15, 0.2) is 18.0 Å². The summed E-state index contributed by atoms with van der Waals surface area (Å²) >= 11 is 0. The topological polar surface area (TPSA) is 101 Å². The Labute approximate surface area is 215 Å². The van der Waals surface area contributed by atoms with Crippen LogP contribution < -0.4 is 10.1 Å². The molecular weight excluding hydrogens is 475 g/mol. The number of pyridine rings is 1. The van der Waals surface area contributed by atoms with Crippen LogP contribution in [0.2, 0.25) is 0 Å². The van der Waals surface area contributed by atoms with E-state index in [9.17, 15) is 14.3 Å². The number of benzene rings is 1. The number of aromatic nitrogens is 2. The number of halogens is 1. The molecular formula is C28H33FN4O4. The van der Waals surface area contributed by atoms with Crippen LogP contribution in [0.25, 0.3) is 0 Å². The van der Waals surface area contributed by atoms with Crippen molar-refractivity contribution < 1.29 is 23.4 Å². The van der Waals surface area contributed by atoms with Gasteiger partial charge in [0.1, 0.15) is 12.4 Å². The van der Waals surface area contributed by atoms with Crippen molar-refractivity contribution in [3.8, 4) is 5.75 Å². The summed E-state index contributed by atoms with van der Waals surface area (Å²) in [5.41, 5.74) is 3.95. The van der Waals surface area contributed by atoms with E-state index in [4.69, 9.17) is 9.15 Å². The van der Waals surface area contributed by atoms with E-state index in [0.29, 0.717) is 31.4 Å². The van der Waals surface area contributed by atoms with Gasteiger partial charge in [-0.2, -0.15) is 0 Å². The second-order valence-electron chi connectivity index (χ2n) is 10.1. The maximum absolute atomic E-state index is 14.2. The Bertz CT molecular complexity index is 1240. The molecule has 0 saturated heterocycles. The molecule has 1 fully saturated rings. The Hall–Kier alpha value is -3.30. The van der Waals surface area contributed by atoms with Crippen LogP contribution in [0, 0.1) is 18.7 Å². The Morgan fingerprint density at radius 3 is 2.92 bits per heavy atom. The highest BCUT2D eigenvalue weighted by molar-refractivity contribution is 5.94. The number of fused-ring (bicyclic) bond motifs is 1. The van der Waals surface area contributed by atoms with Crippen molar-refractivity contribution in [1.29, 1.82) is 0 Å². The minimum Gasteiger partial charge on any atom is -0.486 e. The third-order valence-electron chi connectivity index (χ3n) is 7.33. The number of ether oxygens (including phenoxy) is 1. The average Bonchev–Trinajstić information content (AvgIpc) is 3.28. The number of aliphatic hydroxyl groups excluding tert-OH is 1. The van der Waals surface area contributed by atoms with Crippen molar-refractivity contribution in [2.24, 2.45) is 5.92 Å². The molecule has 8 nitrogen and oxygen atoms in total. The molecule has 196 valence electrons. The number of carbonyl (C=O) groups is 1. The number of nitrogens with one attached hydrogen (secondary N) is 1. The van der Waals surface area contributed by atoms with Gasteiger partial charge in [-0.25, -0.2) is 9.37 Å². The van der Waals surface area contributed by atoms with Gasteiger partial charge in [-0.05, 0) is 55.0 Å². The van der Waals surface area contributed by atoms with Crippen LogP contribution in [0.5, 0.6) is 5.75 Å². The van der Waals surface area contributed by atoms with Gasteiger partial charge >= 0.3 is 0 Å². The predicted molar refractivity (Wildman–Crippen MR) is 135 cm³/mol. The third-order valence-corrected chi connectivity index (χ3v) is 7.33. The molecule has 1 aliphatic carbocycles. The van der Waals surface area contributed by atoms with E-state index in [1.165, 1.54) is 23.9 Å². The van der Waals surface area contributed by atoms with E-state index >= 15 is 0 Å². The van der Waals surface area contributed by atoms with E-state index in [-0.39, 0.29) is 12.1 Å². The zero-order valence-electron chi connectivity index (χ0n) is 21.1. The van der Waals surface area contributed by atoms with E-state index < -0.39 is 17.8 Å². The summed E-state index contributed by atoms with van der Waals surface area (Å²) in [6, 6.07) is 7.58. The van der Waals surface area contributed by atoms with Crippen LogP contribution in [0.1, 0.15) is 57.9 Å².